The van der Waals surface area contributed by atoms with E-state index in [0.717, 1.165) is 33.1 Å². The molecule has 2 aromatic rings. The molecule has 0 fully saturated rings. The van der Waals surface area contributed by atoms with E-state index in [1.165, 1.54) is 11.8 Å². The van der Waals surface area contributed by atoms with E-state index in [0.29, 0.717) is 17.7 Å². The number of hydrogen-bond acceptors (Lipinski definition) is 5. The van der Waals surface area contributed by atoms with E-state index in [9.17, 15) is 9.59 Å². The van der Waals surface area contributed by atoms with E-state index in [1.54, 1.807) is 14.0 Å². The number of carbonyl (C=O) groups excluding carboxylic acids is 1. The fourth-order valence-electron chi connectivity index (χ4n) is 3.09. The minimum absolute atomic E-state index is 0.139. The zero-order valence-electron chi connectivity index (χ0n) is 15.9. The number of methoxy groups -OCH3 is 1. The van der Waals surface area contributed by atoms with Crippen molar-refractivity contribution in [2.24, 2.45) is 7.05 Å². The minimum atomic E-state index is -0.883. The molecule has 0 aliphatic heterocycles. The maximum atomic E-state index is 13.0. The molecule has 2 rings (SSSR count). The van der Waals surface area contributed by atoms with Crippen molar-refractivity contribution in [2.75, 3.05) is 7.11 Å². The molecule has 0 amide bonds. The summed E-state index contributed by atoms with van der Waals surface area (Å²) < 4.78 is 12.2. The second-order valence-electron chi connectivity index (χ2n) is 6.00. The van der Waals surface area contributed by atoms with Crippen molar-refractivity contribution in [3.63, 3.8) is 0 Å². The SMILES string of the molecule is CCc1cc(C)c(Br)c(CC)c1-c1c(OC(=O)OC)c(C)nn(C)c1=O. The molecule has 0 saturated carbocycles. The lowest BCUT2D eigenvalue weighted by Gasteiger charge is -2.20. The van der Waals surface area contributed by atoms with Gasteiger partial charge in [0.25, 0.3) is 5.56 Å². The van der Waals surface area contributed by atoms with Crippen molar-refractivity contribution in [2.45, 2.75) is 40.5 Å². The average molecular weight is 423 g/mol. The lowest BCUT2D eigenvalue weighted by molar-refractivity contribution is 0.121. The van der Waals surface area contributed by atoms with Gasteiger partial charge in [-0.05, 0) is 48.9 Å². The van der Waals surface area contributed by atoms with E-state index < -0.39 is 6.16 Å². The Hall–Kier alpha value is -2.15. The Morgan fingerprint density at radius 1 is 1.23 bits per heavy atom. The summed E-state index contributed by atoms with van der Waals surface area (Å²) in [4.78, 5) is 24.8. The third-order valence-electron chi connectivity index (χ3n) is 4.32. The van der Waals surface area contributed by atoms with Crippen LogP contribution in [0.1, 0.15) is 36.2 Å². The molecule has 7 heteroatoms. The number of halogens is 1. The Balaban J connectivity index is 2.99. The van der Waals surface area contributed by atoms with Gasteiger partial charge in [0.1, 0.15) is 5.69 Å². The van der Waals surface area contributed by atoms with Gasteiger partial charge in [0.15, 0.2) is 5.75 Å². The van der Waals surface area contributed by atoms with Crippen molar-refractivity contribution in [1.82, 2.24) is 9.78 Å². The first kappa shape index (κ1) is 20.2. The molecule has 0 saturated heterocycles. The fourth-order valence-corrected chi connectivity index (χ4v) is 3.68. The number of aryl methyl sites for hydroxylation is 4. The highest BCUT2D eigenvalue weighted by Crippen LogP contribution is 2.39. The normalized spacial score (nSPS) is 10.7. The molecular weight excluding hydrogens is 400 g/mol. The molecule has 0 N–H and O–H groups in total. The van der Waals surface area contributed by atoms with Crippen molar-refractivity contribution in [3.8, 4) is 16.9 Å². The Morgan fingerprint density at radius 2 is 1.88 bits per heavy atom. The van der Waals surface area contributed by atoms with Crippen LogP contribution in [-0.4, -0.2) is 23.0 Å². The van der Waals surface area contributed by atoms with Crippen LogP contribution in [0.3, 0.4) is 0 Å². The summed E-state index contributed by atoms with van der Waals surface area (Å²) in [6.45, 7) is 7.78. The molecule has 0 bridgehead atoms. The molecule has 0 radical (unpaired) electrons. The lowest BCUT2D eigenvalue weighted by Crippen LogP contribution is -2.25. The maximum absolute atomic E-state index is 13.0. The molecule has 0 aliphatic rings. The van der Waals surface area contributed by atoms with Gasteiger partial charge < -0.3 is 9.47 Å². The molecule has 6 nitrogen and oxygen atoms in total. The predicted octanol–water partition coefficient (Wildman–Crippen LogP) is 4.10. The summed E-state index contributed by atoms with van der Waals surface area (Å²) in [6, 6.07) is 2.05. The molecule has 26 heavy (non-hydrogen) atoms. The van der Waals surface area contributed by atoms with Crippen LogP contribution >= 0.6 is 15.9 Å². The van der Waals surface area contributed by atoms with Gasteiger partial charge in [-0.15, -0.1) is 0 Å². The van der Waals surface area contributed by atoms with Crippen LogP contribution in [0.25, 0.3) is 11.1 Å². The van der Waals surface area contributed by atoms with Crippen LogP contribution < -0.4 is 10.3 Å². The van der Waals surface area contributed by atoms with Crippen molar-refractivity contribution >= 4 is 22.1 Å². The van der Waals surface area contributed by atoms with E-state index in [2.05, 4.69) is 31.8 Å². The Labute approximate surface area is 161 Å². The second-order valence-corrected chi connectivity index (χ2v) is 6.79. The standard InChI is InChI=1S/C19H23BrN2O4/c1-7-12-9-10(3)16(20)13(8-2)14(12)15-17(26-19(24)25-6)11(4)21-22(5)18(15)23/h9H,7-8H2,1-6H3. The van der Waals surface area contributed by atoms with Gasteiger partial charge in [-0.2, -0.15) is 5.10 Å². The Morgan fingerprint density at radius 3 is 2.42 bits per heavy atom. The van der Waals surface area contributed by atoms with E-state index in [1.807, 2.05) is 20.8 Å². The molecule has 0 spiro atoms. The largest absolute Gasteiger partial charge is 0.513 e. The van der Waals surface area contributed by atoms with Crippen LogP contribution in [0, 0.1) is 13.8 Å². The zero-order valence-corrected chi connectivity index (χ0v) is 17.5. The van der Waals surface area contributed by atoms with Gasteiger partial charge in [0.2, 0.25) is 0 Å². The maximum Gasteiger partial charge on any atom is 0.513 e. The van der Waals surface area contributed by atoms with Gasteiger partial charge in [0.05, 0.1) is 12.7 Å². The number of aromatic nitrogens is 2. The number of rotatable bonds is 4. The van der Waals surface area contributed by atoms with Gasteiger partial charge >= 0.3 is 6.16 Å². The van der Waals surface area contributed by atoms with Crippen molar-refractivity contribution in [3.05, 3.63) is 43.3 Å². The first-order valence-corrected chi connectivity index (χ1v) is 9.20. The number of nitrogens with zero attached hydrogens (tertiary/aromatic N) is 2. The Kier molecular flexibility index (Phi) is 6.23. The quantitative estimate of drug-likeness (QED) is 0.693. The lowest BCUT2D eigenvalue weighted by atomic mass is 9.90. The van der Waals surface area contributed by atoms with Crippen LogP contribution in [-0.2, 0) is 24.6 Å². The van der Waals surface area contributed by atoms with Crippen molar-refractivity contribution < 1.29 is 14.3 Å². The van der Waals surface area contributed by atoms with Crippen LogP contribution in [0.2, 0.25) is 0 Å². The first-order chi connectivity index (χ1) is 12.3. The first-order valence-electron chi connectivity index (χ1n) is 8.41. The monoisotopic (exact) mass is 422 g/mol. The fraction of sp³-hybridized carbons (Fsp3) is 0.421. The molecular formula is C19H23BrN2O4. The minimum Gasteiger partial charge on any atom is -0.437 e. The highest BCUT2D eigenvalue weighted by Gasteiger charge is 2.25. The highest BCUT2D eigenvalue weighted by atomic mass is 79.9. The molecule has 140 valence electrons. The number of hydrogen-bond donors (Lipinski definition) is 0. The average Bonchev–Trinajstić information content (AvgIpc) is 2.62. The van der Waals surface area contributed by atoms with E-state index >= 15 is 0 Å². The molecule has 1 aromatic heterocycles. The second kappa shape index (κ2) is 8.03. The van der Waals surface area contributed by atoms with Gasteiger partial charge in [-0.25, -0.2) is 9.48 Å². The summed E-state index contributed by atoms with van der Waals surface area (Å²) in [6.07, 6.45) is 0.567. The number of carbonyl (C=O) groups is 1. The van der Waals surface area contributed by atoms with E-state index in [4.69, 9.17) is 4.74 Å². The van der Waals surface area contributed by atoms with Crippen LogP contribution in [0.15, 0.2) is 15.3 Å². The molecule has 1 heterocycles. The van der Waals surface area contributed by atoms with E-state index in [-0.39, 0.29) is 11.3 Å². The van der Waals surface area contributed by atoms with Crippen LogP contribution in [0.5, 0.6) is 5.75 Å². The van der Waals surface area contributed by atoms with Gasteiger partial charge in [-0.1, -0.05) is 35.8 Å². The Bertz CT molecular complexity index is 919. The number of benzene rings is 1. The van der Waals surface area contributed by atoms with Crippen LogP contribution in [0.4, 0.5) is 4.79 Å². The number of ether oxygens (including phenoxy) is 2. The molecule has 0 atom stereocenters. The third-order valence-corrected chi connectivity index (χ3v) is 5.43. The molecule has 1 aromatic carbocycles. The third kappa shape index (κ3) is 3.53. The topological polar surface area (TPSA) is 70.4 Å². The van der Waals surface area contributed by atoms with Gasteiger partial charge in [0, 0.05) is 11.5 Å². The van der Waals surface area contributed by atoms with Crippen molar-refractivity contribution in [1.29, 1.82) is 0 Å². The molecule has 0 aliphatic carbocycles. The van der Waals surface area contributed by atoms with Gasteiger partial charge in [-0.3, -0.25) is 4.79 Å². The summed E-state index contributed by atoms with van der Waals surface area (Å²) in [5, 5.41) is 4.16. The molecule has 0 unspecified atom stereocenters. The summed E-state index contributed by atoms with van der Waals surface area (Å²) in [5.74, 6) is 0.139. The predicted molar refractivity (Wildman–Crippen MR) is 104 cm³/mol. The highest BCUT2D eigenvalue weighted by molar-refractivity contribution is 9.10. The zero-order chi connectivity index (χ0) is 19.6. The summed E-state index contributed by atoms with van der Waals surface area (Å²) in [5.41, 5.74) is 4.35. The summed E-state index contributed by atoms with van der Waals surface area (Å²) in [7, 11) is 2.81. The summed E-state index contributed by atoms with van der Waals surface area (Å²) >= 11 is 3.65. The smallest absolute Gasteiger partial charge is 0.437 e.